The summed E-state index contributed by atoms with van der Waals surface area (Å²) >= 11 is 0. The summed E-state index contributed by atoms with van der Waals surface area (Å²) in [6.45, 7) is 1.55. The lowest BCUT2D eigenvalue weighted by atomic mass is 10.1. The van der Waals surface area contributed by atoms with Crippen LogP contribution in [-0.4, -0.2) is 40.1 Å². The molecule has 0 bridgehead atoms. The van der Waals surface area contributed by atoms with Crippen molar-refractivity contribution in [2.24, 2.45) is 0 Å². The maximum atomic E-state index is 12.6. The number of hydrogen-bond acceptors (Lipinski definition) is 6. The minimum atomic E-state index is -0.160. The lowest BCUT2D eigenvalue weighted by Gasteiger charge is -2.24. The summed E-state index contributed by atoms with van der Waals surface area (Å²) in [6, 6.07) is 9.44. The molecule has 4 rings (SSSR count). The zero-order valence-electron chi connectivity index (χ0n) is 12.7. The van der Waals surface area contributed by atoms with Gasteiger partial charge in [-0.1, -0.05) is 35.5 Å². The van der Waals surface area contributed by atoms with Crippen molar-refractivity contribution in [3.05, 3.63) is 36.2 Å². The summed E-state index contributed by atoms with van der Waals surface area (Å²) in [7, 11) is 0. The molecule has 2 aliphatic rings. The van der Waals surface area contributed by atoms with Gasteiger partial charge in [-0.3, -0.25) is 10.2 Å². The smallest absolute Gasteiger partial charge is 0.249 e. The van der Waals surface area contributed by atoms with Crippen LogP contribution < -0.4 is 10.9 Å². The predicted molar refractivity (Wildman–Crippen MR) is 83.0 cm³/mol. The van der Waals surface area contributed by atoms with E-state index in [2.05, 4.69) is 21.0 Å². The van der Waals surface area contributed by atoms with Crippen LogP contribution in [0.25, 0.3) is 11.4 Å². The van der Waals surface area contributed by atoms with Crippen molar-refractivity contribution in [2.45, 2.75) is 31.3 Å². The Morgan fingerprint density at radius 3 is 2.91 bits per heavy atom. The Balaban J connectivity index is 1.55. The van der Waals surface area contributed by atoms with Crippen LogP contribution in [0.2, 0.25) is 0 Å². The molecule has 120 valence electrons. The molecule has 1 aromatic heterocycles. The molecule has 2 fully saturated rings. The fourth-order valence-corrected chi connectivity index (χ4v) is 3.23. The molecule has 0 radical (unpaired) electrons. The lowest BCUT2D eigenvalue weighted by Crippen LogP contribution is -2.45. The average molecular weight is 313 g/mol. The highest BCUT2D eigenvalue weighted by Gasteiger charge is 2.37. The molecule has 0 saturated carbocycles. The van der Waals surface area contributed by atoms with Crippen LogP contribution in [0.3, 0.4) is 0 Å². The molecule has 23 heavy (non-hydrogen) atoms. The van der Waals surface area contributed by atoms with E-state index < -0.39 is 0 Å². The van der Waals surface area contributed by atoms with E-state index in [1.54, 1.807) is 0 Å². The van der Waals surface area contributed by atoms with Gasteiger partial charge >= 0.3 is 0 Å². The molecule has 2 aromatic rings. The molecule has 2 saturated heterocycles. The molecule has 2 N–H and O–H groups in total. The van der Waals surface area contributed by atoms with Crippen molar-refractivity contribution < 1.29 is 9.32 Å². The third kappa shape index (κ3) is 2.73. The van der Waals surface area contributed by atoms with Crippen molar-refractivity contribution in [3.8, 4) is 11.4 Å². The van der Waals surface area contributed by atoms with Crippen LogP contribution in [0, 0.1) is 0 Å². The van der Waals surface area contributed by atoms with Gasteiger partial charge in [0.2, 0.25) is 17.6 Å². The third-order valence-corrected chi connectivity index (χ3v) is 4.43. The molecule has 2 aliphatic heterocycles. The molecule has 0 spiro atoms. The van der Waals surface area contributed by atoms with Crippen molar-refractivity contribution in [1.82, 2.24) is 25.9 Å². The van der Waals surface area contributed by atoms with Gasteiger partial charge in [0.15, 0.2) is 0 Å². The summed E-state index contributed by atoms with van der Waals surface area (Å²) < 4.78 is 5.46. The molecule has 2 atom stereocenters. The first-order valence-electron chi connectivity index (χ1n) is 8.01. The maximum Gasteiger partial charge on any atom is 0.249 e. The Morgan fingerprint density at radius 1 is 1.26 bits per heavy atom. The fourth-order valence-electron chi connectivity index (χ4n) is 3.23. The predicted octanol–water partition coefficient (Wildman–Crippen LogP) is 1.27. The first kappa shape index (κ1) is 14.3. The van der Waals surface area contributed by atoms with E-state index in [0.29, 0.717) is 11.7 Å². The van der Waals surface area contributed by atoms with E-state index in [1.807, 2.05) is 35.2 Å². The molecule has 3 heterocycles. The van der Waals surface area contributed by atoms with E-state index in [1.165, 1.54) is 0 Å². The number of amides is 1. The van der Waals surface area contributed by atoms with Gasteiger partial charge in [0.25, 0.3) is 0 Å². The number of nitrogens with zero attached hydrogens (tertiary/aromatic N) is 3. The van der Waals surface area contributed by atoms with Gasteiger partial charge in [-0.2, -0.15) is 4.98 Å². The van der Waals surface area contributed by atoms with Crippen molar-refractivity contribution in [1.29, 1.82) is 0 Å². The Kier molecular flexibility index (Phi) is 3.80. The number of hydrazine groups is 1. The number of likely N-dealkylation sites (tertiary alicyclic amines) is 1. The zero-order valence-corrected chi connectivity index (χ0v) is 12.7. The van der Waals surface area contributed by atoms with Gasteiger partial charge in [-0.05, 0) is 19.3 Å². The Hall–Kier alpha value is -2.25. The van der Waals surface area contributed by atoms with Gasteiger partial charge in [0.05, 0.1) is 0 Å². The fraction of sp³-hybridized carbons (Fsp3) is 0.438. The standard InChI is InChI=1S/C16H19N5O2/c22-16(12-8-9-17-19-12)21-10-4-7-13(21)15-18-14(20-23-15)11-5-2-1-3-6-11/h1-3,5-6,12-13,17,19H,4,7-10H2. The molecule has 2 unspecified atom stereocenters. The Bertz CT molecular complexity index is 681. The van der Waals surface area contributed by atoms with E-state index in [9.17, 15) is 4.79 Å². The summed E-state index contributed by atoms with van der Waals surface area (Å²) in [5.74, 6) is 1.21. The summed E-state index contributed by atoms with van der Waals surface area (Å²) in [4.78, 5) is 19.0. The molecule has 1 aromatic carbocycles. The number of aromatic nitrogens is 2. The minimum absolute atomic E-state index is 0.108. The molecular weight excluding hydrogens is 294 g/mol. The van der Waals surface area contributed by atoms with Crippen LogP contribution in [0.15, 0.2) is 34.9 Å². The van der Waals surface area contributed by atoms with Gasteiger partial charge in [0, 0.05) is 18.7 Å². The first-order chi connectivity index (χ1) is 11.3. The highest BCUT2D eigenvalue weighted by atomic mass is 16.5. The largest absolute Gasteiger partial charge is 0.337 e. The number of hydrogen-bond donors (Lipinski definition) is 2. The highest BCUT2D eigenvalue weighted by molar-refractivity contribution is 5.82. The van der Waals surface area contributed by atoms with E-state index in [4.69, 9.17) is 4.52 Å². The second-order valence-electron chi connectivity index (χ2n) is 5.92. The van der Waals surface area contributed by atoms with Gasteiger partial charge < -0.3 is 9.42 Å². The van der Waals surface area contributed by atoms with Crippen LogP contribution >= 0.6 is 0 Å². The second kappa shape index (κ2) is 6.10. The Labute approximate surface area is 134 Å². The number of carbonyl (C=O) groups is 1. The minimum Gasteiger partial charge on any atom is -0.337 e. The second-order valence-corrected chi connectivity index (χ2v) is 5.92. The topological polar surface area (TPSA) is 83.3 Å². The van der Waals surface area contributed by atoms with E-state index in [-0.39, 0.29) is 18.0 Å². The van der Waals surface area contributed by atoms with Crippen molar-refractivity contribution in [3.63, 3.8) is 0 Å². The number of nitrogens with one attached hydrogen (secondary N) is 2. The number of carbonyl (C=O) groups excluding carboxylic acids is 1. The quantitative estimate of drug-likeness (QED) is 0.888. The van der Waals surface area contributed by atoms with Crippen LogP contribution in [0.5, 0.6) is 0 Å². The van der Waals surface area contributed by atoms with Crippen molar-refractivity contribution in [2.75, 3.05) is 13.1 Å². The summed E-state index contributed by atoms with van der Waals surface area (Å²) in [5.41, 5.74) is 6.95. The van der Waals surface area contributed by atoms with Gasteiger partial charge in [0.1, 0.15) is 12.1 Å². The zero-order chi connectivity index (χ0) is 15.6. The van der Waals surface area contributed by atoms with Crippen LogP contribution in [0.1, 0.15) is 31.2 Å². The van der Waals surface area contributed by atoms with Crippen LogP contribution in [-0.2, 0) is 4.79 Å². The van der Waals surface area contributed by atoms with E-state index in [0.717, 1.165) is 37.9 Å². The Morgan fingerprint density at radius 2 is 2.13 bits per heavy atom. The SMILES string of the molecule is O=C(C1CCNN1)N1CCCC1c1nc(-c2ccccc2)no1. The normalized spacial score (nSPS) is 24.3. The van der Waals surface area contributed by atoms with Crippen molar-refractivity contribution >= 4 is 5.91 Å². The average Bonchev–Trinajstić information content (AvgIpc) is 3.35. The molecule has 7 heteroatoms. The number of benzene rings is 1. The maximum absolute atomic E-state index is 12.6. The summed E-state index contributed by atoms with van der Waals surface area (Å²) in [6.07, 6.45) is 2.63. The van der Waals surface area contributed by atoms with Crippen LogP contribution in [0.4, 0.5) is 0 Å². The lowest BCUT2D eigenvalue weighted by molar-refractivity contribution is -0.134. The first-order valence-corrected chi connectivity index (χ1v) is 8.01. The summed E-state index contributed by atoms with van der Waals surface area (Å²) in [5, 5.41) is 4.07. The molecule has 0 aliphatic carbocycles. The van der Waals surface area contributed by atoms with Gasteiger partial charge in [-0.15, -0.1) is 0 Å². The number of rotatable bonds is 3. The monoisotopic (exact) mass is 313 g/mol. The van der Waals surface area contributed by atoms with Gasteiger partial charge in [-0.25, -0.2) is 5.43 Å². The molecule has 1 amide bonds. The molecule has 7 nitrogen and oxygen atoms in total. The third-order valence-electron chi connectivity index (χ3n) is 4.43. The van der Waals surface area contributed by atoms with E-state index >= 15 is 0 Å². The highest BCUT2D eigenvalue weighted by Crippen LogP contribution is 2.32. The molecular formula is C16H19N5O2.